The number of rotatable bonds is 4. The average molecular weight is 289 g/mol. The van der Waals surface area contributed by atoms with E-state index in [1.54, 1.807) is 18.0 Å². The van der Waals surface area contributed by atoms with E-state index in [1.807, 2.05) is 32.9 Å². The minimum atomic E-state index is -0.772. The van der Waals surface area contributed by atoms with Gasteiger partial charge in [-0.1, -0.05) is 19.9 Å². The molecule has 0 aliphatic carbocycles. The summed E-state index contributed by atoms with van der Waals surface area (Å²) in [6.07, 6.45) is 2.91. The van der Waals surface area contributed by atoms with Gasteiger partial charge in [-0.3, -0.25) is 14.6 Å². The van der Waals surface area contributed by atoms with E-state index < -0.39 is 11.6 Å². The minimum Gasteiger partial charge on any atom is -0.340 e. The van der Waals surface area contributed by atoms with Crippen molar-refractivity contribution in [1.82, 2.24) is 15.2 Å². The van der Waals surface area contributed by atoms with Crippen LogP contribution in [0.4, 0.5) is 0 Å². The van der Waals surface area contributed by atoms with Crippen LogP contribution < -0.4 is 5.32 Å². The molecule has 1 atom stereocenters. The molecule has 1 aromatic rings. The van der Waals surface area contributed by atoms with Gasteiger partial charge < -0.3 is 10.2 Å². The molecule has 114 valence electrons. The summed E-state index contributed by atoms with van der Waals surface area (Å²) in [5, 5.41) is 2.91. The molecule has 2 heterocycles. The van der Waals surface area contributed by atoms with Gasteiger partial charge in [-0.2, -0.15) is 0 Å². The number of hydrogen-bond acceptors (Lipinski definition) is 3. The van der Waals surface area contributed by atoms with Crippen molar-refractivity contribution in [3.63, 3.8) is 0 Å². The highest BCUT2D eigenvalue weighted by Crippen LogP contribution is 2.26. The Morgan fingerprint density at radius 2 is 2.00 bits per heavy atom. The highest BCUT2D eigenvalue weighted by Gasteiger charge is 2.47. The number of carbonyl (C=O) groups excluding carboxylic acids is 2. The van der Waals surface area contributed by atoms with E-state index >= 15 is 0 Å². The normalized spacial score (nSPS) is 21.3. The van der Waals surface area contributed by atoms with Gasteiger partial charge in [0.1, 0.15) is 11.6 Å². The smallest absolute Gasteiger partial charge is 0.249 e. The third-order valence-corrected chi connectivity index (χ3v) is 4.52. The van der Waals surface area contributed by atoms with E-state index in [1.165, 1.54) is 0 Å². The Hall–Kier alpha value is -1.91. The lowest BCUT2D eigenvalue weighted by molar-refractivity contribution is -0.155. The second-order valence-electron chi connectivity index (χ2n) is 5.65. The number of pyridine rings is 1. The molecule has 0 saturated carbocycles. The molecule has 1 N–H and O–H groups in total. The molecule has 2 amide bonds. The molecule has 5 heteroatoms. The lowest BCUT2D eigenvalue weighted by atomic mass is 9.87. The summed E-state index contributed by atoms with van der Waals surface area (Å²) in [5.41, 5.74) is 1.10. The fourth-order valence-corrected chi connectivity index (χ4v) is 2.77. The first kappa shape index (κ1) is 15.5. The first-order valence-electron chi connectivity index (χ1n) is 7.48. The minimum absolute atomic E-state index is 0.00958. The maximum atomic E-state index is 12.9. The van der Waals surface area contributed by atoms with Crippen LogP contribution in [-0.4, -0.2) is 33.3 Å². The summed E-state index contributed by atoms with van der Waals surface area (Å²) in [4.78, 5) is 31.1. The number of nitrogens with one attached hydrogen (secondary N) is 1. The summed E-state index contributed by atoms with van der Waals surface area (Å²) in [6.45, 7) is 7.97. The maximum Gasteiger partial charge on any atom is 0.249 e. The molecule has 1 saturated heterocycles. The number of hydrogen-bond donors (Lipinski definition) is 1. The van der Waals surface area contributed by atoms with Gasteiger partial charge in [-0.05, 0) is 38.3 Å². The first-order chi connectivity index (χ1) is 9.95. The van der Waals surface area contributed by atoms with E-state index in [2.05, 4.69) is 10.3 Å². The molecule has 0 bridgehead atoms. The fourth-order valence-electron chi connectivity index (χ4n) is 2.77. The van der Waals surface area contributed by atoms with Gasteiger partial charge in [-0.15, -0.1) is 0 Å². The third kappa shape index (κ3) is 2.64. The van der Waals surface area contributed by atoms with Crippen LogP contribution in [0.15, 0.2) is 18.3 Å². The predicted octanol–water partition coefficient (Wildman–Crippen LogP) is 1.80. The van der Waals surface area contributed by atoms with E-state index in [0.717, 1.165) is 11.3 Å². The van der Waals surface area contributed by atoms with Gasteiger partial charge >= 0.3 is 0 Å². The fraction of sp³-hybridized carbons (Fsp3) is 0.562. The average Bonchev–Trinajstić information content (AvgIpc) is 2.49. The van der Waals surface area contributed by atoms with E-state index in [4.69, 9.17) is 0 Å². The molecule has 2 rings (SSSR count). The van der Waals surface area contributed by atoms with Gasteiger partial charge in [0.25, 0.3) is 0 Å². The van der Waals surface area contributed by atoms with E-state index in [9.17, 15) is 9.59 Å². The maximum absolute atomic E-state index is 12.9. The van der Waals surface area contributed by atoms with Gasteiger partial charge in [0.05, 0.1) is 12.2 Å². The molecule has 0 aromatic carbocycles. The Labute approximate surface area is 125 Å². The van der Waals surface area contributed by atoms with Crippen LogP contribution in [0, 0.1) is 6.92 Å². The zero-order chi connectivity index (χ0) is 15.6. The quantitative estimate of drug-likeness (QED) is 0.919. The summed E-state index contributed by atoms with van der Waals surface area (Å²) in [5.74, 6) is -0.100. The number of aryl methyl sites for hydroxylation is 1. The van der Waals surface area contributed by atoms with Crippen molar-refractivity contribution in [3.05, 3.63) is 29.6 Å². The molecule has 1 unspecified atom stereocenters. The second kappa shape index (κ2) is 5.84. The Morgan fingerprint density at radius 1 is 1.33 bits per heavy atom. The Balaban J connectivity index is 2.34. The molecule has 1 aliphatic rings. The Morgan fingerprint density at radius 3 is 2.57 bits per heavy atom. The zero-order valence-corrected chi connectivity index (χ0v) is 13.1. The summed E-state index contributed by atoms with van der Waals surface area (Å²) < 4.78 is 0. The number of piperazine rings is 1. The monoisotopic (exact) mass is 289 g/mol. The van der Waals surface area contributed by atoms with Crippen LogP contribution in [0.3, 0.4) is 0 Å². The zero-order valence-electron chi connectivity index (χ0n) is 13.1. The van der Waals surface area contributed by atoms with Crippen LogP contribution in [0.2, 0.25) is 0 Å². The number of amides is 2. The molecular weight excluding hydrogens is 266 g/mol. The lowest BCUT2D eigenvalue weighted by Gasteiger charge is -2.44. The van der Waals surface area contributed by atoms with Crippen LogP contribution in [-0.2, 0) is 16.1 Å². The van der Waals surface area contributed by atoms with Crippen molar-refractivity contribution >= 4 is 11.8 Å². The van der Waals surface area contributed by atoms with E-state index in [-0.39, 0.29) is 11.8 Å². The highest BCUT2D eigenvalue weighted by molar-refractivity contribution is 5.99. The summed E-state index contributed by atoms with van der Waals surface area (Å²) in [7, 11) is 0. The molecule has 0 radical (unpaired) electrons. The highest BCUT2D eigenvalue weighted by atomic mass is 16.2. The number of carbonyl (C=O) groups is 2. The van der Waals surface area contributed by atoms with Crippen molar-refractivity contribution in [1.29, 1.82) is 0 Å². The summed E-state index contributed by atoms with van der Waals surface area (Å²) >= 11 is 0. The standard InChI is InChI=1S/C16H23N3O2/c1-5-16(6-2)15(21)19(12(4)14(20)18-16)10-13-11(3)8-7-9-17-13/h7-9,12H,5-6,10H2,1-4H3,(H,18,20). The van der Waals surface area contributed by atoms with Crippen LogP contribution in [0.5, 0.6) is 0 Å². The SMILES string of the molecule is CCC1(CC)NC(=O)C(C)N(Cc2ncccc2C)C1=O. The molecule has 5 nitrogen and oxygen atoms in total. The number of nitrogens with zero attached hydrogens (tertiary/aromatic N) is 2. The first-order valence-corrected chi connectivity index (χ1v) is 7.48. The lowest BCUT2D eigenvalue weighted by Crippen LogP contribution is -2.69. The third-order valence-electron chi connectivity index (χ3n) is 4.52. The number of aromatic nitrogens is 1. The summed E-state index contributed by atoms with van der Waals surface area (Å²) in [6, 6.07) is 3.37. The van der Waals surface area contributed by atoms with Crippen LogP contribution >= 0.6 is 0 Å². The Bertz CT molecular complexity index is 552. The van der Waals surface area contributed by atoms with Crippen molar-refractivity contribution in [2.45, 2.75) is 58.7 Å². The molecule has 0 spiro atoms. The Kier molecular flexibility index (Phi) is 4.30. The van der Waals surface area contributed by atoms with Crippen LogP contribution in [0.25, 0.3) is 0 Å². The van der Waals surface area contributed by atoms with Gasteiger partial charge in [0.15, 0.2) is 0 Å². The van der Waals surface area contributed by atoms with Gasteiger partial charge in [0.2, 0.25) is 11.8 Å². The molecule has 1 aromatic heterocycles. The van der Waals surface area contributed by atoms with Crippen LogP contribution in [0.1, 0.15) is 44.9 Å². The molecule has 1 aliphatic heterocycles. The predicted molar refractivity (Wildman–Crippen MR) is 80.4 cm³/mol. The molecule has 21 heavy (non-hydrogen) atoms. The largest absolute Gasteiger partial charge is 0.340 e. The van der Waals surface area contributed by atoms with Gasteiger partial charge in [-0.25, -0.2) is 0 Å². The molecule has 1 fully saturated rings. The topological polar surface area (TPSA) is 62.3 Å². The van der Waals surface area contributed by atoms with E-state index in [0.29, 0.717) is 19.4 Å². The van der Waals surface area contributed by atoms with Gasteiger partial charge in [0, 0.05) is 6.20 Å². The van der Waals surface area contributed by atoms with Crippen molar-refractivity contribution < 1.29 is 9.59 Å². The van der Waals surface area contributed by atoms with Crippen molar-refractivity contribution in [3.8, 4) is 0 Å². The van der Waals surface area contributed by atoms with Crippen molar-refractivity contribution in [2.75, 3.05) is 0 Å². The molecular formula is C16H23N3O2. The van der Waals surface area contributed by atoms with Crippen molar-refractivity contribution in [2.24, 2.45) is 0 Å². The second-order valence-corrected chi connectivity index (χ2v) is 5.65.